The molecule has 2 nitrogen and oxygen atoms in total. The molecule has 0 amide bonds. The maximum absolute atomic E-state index is 10.8. The molecule has 0 aliphatic rings. The number of aliphatic carboxylic acids is 1. The van der Waals surface area contributed by atoms with E-state index >= 15 is 0 Å². The molecule has 1 aromatic rings. The molecule has 0 unspecified atom stereocenters. The van der Waals surface area contributed by atoms with E-state index in [2.05, 4.69) is 0 Å². The lowest BCUT2D eigenvalue weighted by Crippen LogP contribution is -1.99. The first kappa shape index (κ1) is 11.1. The highest BCUT2D eigenvalue weighted by Crippen LogP contribution is 2.26. The number of benzene rings is 1. The van der Waals surface area contributed by atoms with E-state index < -0.39 is 5.97 Å². The lowest BCUT2D eigenvalue weighted by molar-refractivity contribution is -0.130. The number of hydrogen-bond acceptors (Lipinski definition) is 1. The Bertz CT molecular complexity index is 397. The molecule has 0 aliphatic carbocycles. The van der Waals surface area contributed by atoms with Crippen molar-refractivity contribution in [1.29, 1.82) is 0 Å². The van der Waals surface area contributed by atoms with Crippen molar-refractivity contribution in [3.05, 3.63) is 39.9 Å². The van der Waals surface area contributed by atoms with E-state index in [0.717, 1.165) is 0 Å². The van der Waals surface area contributed by atoms with E-state index in [1.54, 1.807) is 19.1 Å². The lowest BCUT2D eigenvalue weighted by Gasteiger charge is -2.04. The van der Waals surface area contributed by atoms with Crippen LogP contribution < -0.4 is 0 Å². The zero-order valence-electron chi connectivity index (χ0n) is 7.42. The highest BCUT2D eigenvalue weighted by Gasteiger charge is 2.12. The van der Waals surface area contributed by atoms with Gasteiger partial charge < -0.3 is 5.11 Å². The topological polar surface area (TPSA) is 37.3 Å². The second-order valence-corrected chi connectivity index (χ2v) is 3.48. The standard InChI is InChI=1S/C10H8Cl2O2/c1-2-7(10(13)14)8-4-3-6(11)5-9(8)12/h2-5H,1H3,(H,13,14). The third kappa shape index (κ3) is 2.28. The van der Waals surface area contributed by atoms with Crippen LogP contribution in [-0.2, 0) is 4.79 Å². The summed E-state index contributed by atoms with van der Waals surface area (Å²) in [6.45, 7) is 1.65. The van der Waals surface area contributed by atoms with Crippen LogP contribution in [0.25, 0.3) is 5.57 Å². The molecule has 0 heterocycles. The number of hydrogen-bond donors (Lipinski definition) is 1. The summed E-state index contributed by atoms with van der Waals surface area (Å²) >= 11 is 11.6. The number of halogens is 2. The first-order valence-electron chi connectivity index (χ1n) is 3.91. The summed E-state index contributed by atoms with van der Waals surface area (Å²) in [5.74, 6) is -1.00. The van der Waals surface area contributed by atoms with Gasteiger partial charge in [-0.1, -0.05) is 35.3 Å². The van der Waals surface area contributed by atoms with Crippen LogP contribution in [0.15, 0.2) is 24.3 Å². The normalized spacial score (nSPS) is 11.5. The molecule has 0 spiro atoms. The molecule has 0 fully saturated rings. The first-order chi connectivity index (χ1) is 6.56. The highest BCUT2D eigenvalue weighted by atomic mass is 35.5. The predicted octanol–water partition coefficient (Wildman–Crippen LogP) is 3.48. The van der Waals surface area contributed by atoms with Crippen LogP contribution in [0.4, 0.5) is 0 Å². The molecule has 1 aromatic carbocycles. The van der Waals surface area contributed by atoms with E-state index in [9.17, 15) is 4.79 Å². The number of carbonyl (C=O) groups is 1. The summed E-state index contributed by atoms with van der Waals surface area (Å²) in [6, 6.07) is 4.72. The zero-order valence-corrected chi connectivity index (χ0v) is 8.93. The van der Waals surface area contributed by atoms with E-state index in [4.69, 9.17) is 28.3 Å². The summed E-state index contributed by atoms with van der Waals surface area (Å²) in [4.78, 5) is 10.8. The smallest absolute Gasteiger partial charge is 0.336 e. The largest absolute Gasteiger partial charge is 0.478 e. The lowest BCUT2D eigenvalue weighted by atomic mass is 10.1. The monoisotopic (exact) mass is 230 g/mol. The Balaban J connectivity index is 3.25. The molecule has 0 aromatic heterocycles. The molecule has 14 heavy (non-hydrogen) atoms. The first-order valence-corrected chi connectivity index (χ1v) is 4.67. The molecule has 1 N–H and O–H groups in total. The van der Waals surface area contributed by atoms with E-state index in [1.165, 1.54) is 12.1 Å². The second kappa shape index (κ2) is 4.49. The Labute approximate surface area is 91.8 Å². The molecular weight excluding hydrogens is 223 g/mol. The molecule has 1 rings (SSSR count). The Morgan fingerprint density at radius 2 is 2.07 bits per heavy atom. The molecule has 0 radical (unpaired) electrons. The third-order valence-electron chi connectivity index (χ3n) is 1.74. The Hall–Kier alpha value is -0.990. The maximum atomic E-state index is 10.8. The van der Waals surface area contributed by atoms with Crippen LogP contribution in [0.5, 0.6) is 0 Å². The Morgan fingerprint density at radius 3 is 2.50 bits per heavy atom. The molecule has 74 valence electrons. The molecular formula is C10H8Cl2O2. The molecule has 4 heteroatoms. The van der Waals surface area contributed by atoms with Gasteiger partial charge in [0.25, 0.3) is 0 Å². The van der Waals surface area contributed by atoms with Crippen molar-refractivity contribution in [3.8, 4) is 0 Å². The zero-order chi connectivity index (χ0) is 10.7. The highest BCUT2D eigenvalue weighted by molar-refractivity contribution is 6.37. The average Bonchev–Trinajstić information content (AvgIpc) is 2.09. The summed E-state index contributed by atoms with van der Waals surface area (Å²) in [7, 11) is 0. The number of allylic oxidation sites excluding steroid dienone is 1. The van der Waals surface area contributed by atoms with Crippen molar-refractivity contribution in [3.63, 3.8) is 0 Å². The fourth-order valence-corrected chi connectivity index (χ4v) is 1.61. The number of rotatable bonds is 2. The number of carboxylic acids is 1. The predicted molar refractivity (Wildman–Crippen MR) is 57.7 cm³/mol. The van der Waals surface area contributed by atoms with Gasteiger partial charge in [-0.25, -0.2) is 4.79 Å². The molecule has 0 aliphatic heterocycles. The number of carboxylic acid groups (broad SMARTS) is 1. The van der Waals surface area contributed by atoms with Crippen LogP contribution in [0.3, 0.4) is 0 Å². The van der Waals surface area contributed by atoms with Gasteiger partial charge in [0, 0.05) is 10.6 Å². The maximum Gasteiger partial charge on any atom is 0.336 e. The molecule has 0 bridgehead atoms. The van der Waals surface area contributed by atoms with Crippen molar-refractivity contribution in [2.75, 3.05) is 0 Å². The molecule has 0 saturated carbocycles. The minimum atomic E-state index is -1.00. The quantitative estimate of drug-likeness (QED) is 0.791. The summed E-state index contributed by atoms with van der Waals surface area (Å²) < 4.78 is 0. The van der Waals surface area contributed by atoms with Crippen LogP contribution in [0, 0.1) is 0 Å². The fourth-order valence-electron chi connectivity index (χ4n) is 1.10. The second-order valence-electron chi connectivity index (χ2n) is 2.63. The van der Waals surface area contributed by atoms with Crippen molar-refractivity contribution in [2.24, 2.45) is 0 Å². The Kier molecular flexibility index (Phi) is 3.55. The SMILES string of the molecule is CC=C(C(=O)O)c1ccc(Cl)cc1Cl. The minimum absolute atomic E-state index is 0.173. The summed E-state index contributed by atoms with van der Waals surface area (Å²) in [6.07, 6.45) is 1.50. The Morgan fingerprint density at radius 1 is 1.43 bits per heavy atom. The van der Waals surface area contributed by atoms with Gasteiger partial charge in [-0.05, 0) is 19.1 Å². The van der Waals surface area contributed by atoms with Gasteiger partial charge >= 0.3 is 5.97 Å². The van der Waals surface area contributed by atoms with E-state index in [1.807, 2.05) is 0 Å². The van der Waals surface area contributed by atoms with Gasteiger partial charge in [0.15, 0.2) is 0 Å². The van der Waals surface area contributed by atoms with Gasteiger partial charge in [-0.15, -0.1) is 0 Å². The van der Waals surface area contributed by atoms with E-state index in [-0.39, 0.29) is 5.57 Å². The van der Waals surface area contributed by atoms with Crippen LogP contribution >= 0.6 is 23.2 Å². The fraction of sp³-hybridized carbons (Fsp3) is 0.100. The van der Waals surface area contributed by atoms with Gasteiger partial charge in [0.1, 0.15) is 0 Å². The van der Waals surface area contributed by atoms with Crippen molar-refractivity contribution in [1.82, 2.24) is 0 Å². The summed E-state index contributed by atoms with van der Waals surface area (Å²) in [5, 5.41) is 9.69. The van der Waals surface area contributed by atoms with Gasteiger partial charge in [0.05, 0.1) is 10.6 Å². The van der Waals surface area contributed by atoms with Crippen LogP contribution in [0.1, 0.15) is 12.5 Å². The van der Waals surface area contributed by atoms with Crippen molar-refractivity contribution >= 4 is 34.7 Å². The summed E-state index contributed by atoms with van der Waals surface area (Å²) in [5.41, 5.74) is 0.651. The van der Waals surface area contributed by atoms with Crippen LogP contribution in [0.2, 0.25) is 10.0 Å². The average molecular weight is 231 g/mol. The van der Waals surface area contributed by atoms with Gasteiger partial charge in [-0.2, -0.15) is 0 Å². The van der Waals surface area contributed by atoms with Gasteiger partial charge in [-0.3, -0.25) is 0 Å². The van der Waals surface area contributed by atoms with Gasteiger partial charge in [0.2, 0.25) is 0 Å². The van der Waals surface area contributed by atoms with Crippen molar-refractivity contribution in [2.45, 2.75) is 6.92 Å². The van der Waals surface area contributed by atoms with Crippen LogP contribution in [-0.4, -0.2) is 11.1 Å². The third-order valence-corrected chi connectivity index (χ3v) is 2.29. The molecule has 0 atom stereocenters. The molecule has 0 saturated heterocycles. The van der Waals surface area contributed by atoms with E-state index in [0.29, 0.717) is 15.6 Å². The van der Waals surface area contributed by atoms with Crippen molar-refractivity contribution < 1.29 is 9.90 Å². The minimum Gasteiger partial charge on any atom is -0.478 e.